The highest BCUT2D eigenvalue weighted by Gasteiger charge is 2.30. The van der Waals surface area contributed by atoms with Crippen molar-refractivity contribution in [3.8, 4) is 0 Å². The molecule has 1 saturated carbocycles. The van der Waals surface area contributed by atoms with Crippen molar-refractivity contribution in [2.45, 2.75) is 38.6 Å². The first-order valence-electron chi connectivity index (χ1n) is 6.02. The fourth-order valence-corrected chi connectivity index (χ4v) is 2.71. The van der Waals surface area contributed by atoms with E-state index in [0.29, 0.717) is 6.04 Å². The number of aromatic nitrogens is 1. The van der Waals surface area contributed by atoms with E-state index in [1.807, 2.05) is 5.38 Å². The molecule has 0 saturated heterocycles. The van der Waals surface area contributed by atoms with Crippen molar-refractivity contribution in [3.63, 3.8) is 0 Å². The fraction of sp³-hybridized carbons (Fsp3) is 0.667. The number of methoxy groups -OCH3 is 1. The number of hydrogen-bond acceptors (Lipinski definition) is 5. The molecule has 2 rings (SSSR count). The molecule has 0 N–H and O–H groups in total. The molecular formula is C12H18N2O2S. The smallest absolute Gasteiger partial charge is 0.311 e. The first kappa shape index (κ1) is 12.4. The highest BCUT2D eigenvalue weighted by molar-refractivity contribution is 7.13. The van der Waals surface area contributed by atoms with Gasteiger partial charge in [-0.3, -0.25) is 4.79 Å². The number of carbonyl (C=O) groups is 1. The van der Waals surface area contributed by atoms with Crippen LogP contribution >= 0.6 is 11.3 Å². The highest BCUT2D eigenvalue weighted by atomic mass is 32.1. The van der Waals surface area contributed by atoms with E-state index in [0.717, 1.165) is 23.8 Å². The second-order valence-electron chi connectivity index (χ2n) is 4.30. The van der Waals surface area contributed by atoms with Gasteiger partial charge in [0.05, 0.1) is 19.2 Å². The van der Waals surface area contributed by atoms with Crippen LogP contribution in [0.2, 0.25) is 0 Å². The molecule has 1 aliphatic rings. The molecule has 1 aromatic rings. The first-order valence-corrected chi connectivity index (χ1v) is 6.90. The number of esters is 1. The van der Waals surface area contributed by atoms with Gasteiger partial charge in [0.15, 0.2) is 5.13 Å². The zero-order valence-electron chi connectivity index (χ0n) is 10.3. The summed E-state index contributed by atoms with van der Waals surface area (Å²) in [6, 6.07) is 0.673. The molecule has 17 heavy (non-hydrogen) atoms. The van der Waals surface area contributed by atoms with Gasteiger partial charge in [-0.25, -0.2) is 4.98 Å². The van der Waals surface area contributed by atoms with Crippen LogP contribution in [0.5, 0.6) is 0 Å². The highest BCUT2D eigenvalue weighted by Crippen LogP contribution is 2.33. The molecule has 5 heteroatoms. The molecule has 0 bridgehead atoms. The van der Waals surface area contributed by atoms with Gasteiger partial charge in [-0.1, -0.05) is 6.92 Å². The summed E-state index contributed by atoms with van der Waals surface area (Å²) in [6.45, 7) is 3.23. The van der Waals surface area contributed by atoms with Gasteiger partial charge >= 0.3 is 5.97 Å². The Balaban J connectivity index is 2.02. The van der Waals surface area contributed by atoms with E-state index in [9.17, 15) is 4.79 Å². The van der Waals surface area contributed by atoms with Crippen LogP contribution in [0.25, 0.3) is 0 Å². The SMILES string of the molecule is CCCN(c1nc(CC(=O)OC)cs1)C1CC1. The zero-order chi connectivity index (χ0) is 12.3. The Morgan fingerprint density at radius 2 is 2.41 bits per heavy atom. The number of carbonyl (C=O) groups excluding carboxylic acids is 1. The molecule has 0 radical (unpaired) electrons. The van der Waals surface area contributed by atoms with Gasteiger partial charge < -0.3 is 9.64 Å². The Kier molecular flexibility index (Phi) is 3.99. The van der Waals surface area contributed by atoms with Crippen LogP contribution in [0, 0.1) is 0 Å². The Hall–Kier alpha value is -1.10. The molecule has 1 aliphatic carbocycles. The molecular weight excluding hydrogens is 236 g/mol. The van der Waals surface area contributed by atoms with Gasteiger partial charge in [0.2, 0.25) is 0 Å². The summed E-state index contributed by atoms with van der Waals surface area (Å²) < 4.78 is 4.64. The summed E-state index contributed by atoms with van der Waals surface area (Å²) in [6.07, 6.45) is 3.94. The molecule has 0 spiro atoms. The molecule has 94 valence electrons. The number of rotatable bonds is 6. The Morgan fingerprint density at radius 1 is 1.65 bits per heavy atom. The normalized spacial score (nSPS) is 14.7. The van der Waals surface area contributed by atoms with E-state index >= 15 is 0 Å². The lowest BCUT2D eigenvalue weighted by Gasteiger charge is -2.20. The van der Waals surface area contributed by atoms with Crippen molar-refractivity contribution >= 4 is 22.4 Å². The maximum atomic E-state index is 11.2. The zero-order valence-corrected chi connectivity index (χ0v) is 11.1. The molecule has 1 fully saturated rings. The predicted octanol–water partition coefficient (Wildman–Crippen LogP) is 2.24. The summed E-state index contributed by atoms with van der Waals surface area (Å²) in [7, 11) is 1.41. The maximum absolute atomic E-state index is 11.2. The molecule has 0 unspecified atom stereocenters. The number of hydrogen-bond donors (Lipinski definition) is 0. The number of nitrogens with zero attached hydrogens (tertiary/aromatic N) is 2. The molecule has 0 aliphatic heterocycles. The number of thiazole rings is 1. The van der Waals surface area contributed by atoms with Crippen LogP contribution in [0.15, 0.2) is 5.38 Å². The van der Waals surface area contributed by atoms with E-state index in [4.69, 9.17) is 0 Å². The second-order valence-corrected chi connectivity index (χ2v) is 5.14. The third-order valence-corrected chi connectivity index (χ3v) is 3.72. The van der Waals surface area contributed by atoms with E-state index < -0.39 is 0 Å². The summed E-state index contributed by atoms with van der Waals surface area (Å²) in [4.78, 5) is 18.0. The molecule has 0 amide bonds. The minimum absolute atomic E-state index is 0.227. The third kappa shape index (κ3) is 3.19. The van der Waals surface area contributed by atoms with E-state index in [1.54, 1.807) is 11.3 Å². The standard InChI is InChI=1S/C12H18N2O2S/c1-3-6-14(10-4-5-10)12-13-9(8-17-12)7-11(15)16-2/h8,10H,3-7H2,1-2H3. The lowest BCUT2D eigenvalue weighted by Crippen LogP contribution is -2.26. The van der Waals surface area contributed by atoms with Crippen LogP contribution in [0.1, 0.15) is 31.9 Å². The second kappa shape index (κ2) is 5.49. The van der Waals surface area contributed by atoms with Crippen molar-refractivity contribution in [2.24, 2.45) is 0 Å². The minimum atomic E-state index is -0.227. The van der Waals surface area contributed by atoms with Crippen LogP contribution in [0.4, 0.5) is 5.13 Å². The Labute approximate surface area is 106 Å². The Morgan fingerprint density at radius 3 is 3.00 bits per heavy atom. The fourth-order valence-electron chi connectivity index (χ4n) is 1.79. The summed E-state index contributed by atoms with van der Waals surface area (Å²) in [5, 5.41) is 3.00. The average molecular weight is 254 g/mol. The lowest BCUT2D eigenvalue weighted by molar-refractivity contribution is -0.139. The molecule has 1 aromatic heterocycles. The van der Waals surface area contributed by atoms with Crippen LogP contribution in [0.3, 0.4) is 0 Å². The van der Waals surface area contributed by atoms with Crippen molar-refractivity contribution in [1.82, 2.24) is 4.98 Å². The number of anilines is 1. The average Bonchev–Trinajstić information content (AvgIpc) is 3.06. The van der Waals surface area contributed by atoms with E-state index in [2.05, 4.69) is 21.5 Å². The maximum Gasteiger partial charge on any atom is 0.311 e. The monoisotopic (exact) mass is 254 g/mol. The summed E-state index contributed by atoms with van der Waals surface area (Å²) >= 11 is 1.63. The summed E-state index contributed by atoms with van der Waals surface area (Å²) in [5.41, 5.74) is 0.818. The third-order valence-electron chi connectivity index (χ3n) is 2.79. The number of ether oxygens (including phenoxy) is 1. The van der Waals surface area contributed by atoms with Gasteiger partial charge in [0, 0.05) is 18.0 Å². The minimum Gasteiger partial charge on any atom is -0.469 e. The van der Waals surface area contributed by atoms with Crippen LogP contribution in [-0.2, 0) is 16.0 Å². The molecule has 0 aromatic carbocycles. The molecule has 1 heterocycles. The van der Waals surface area contributed by atoms with Crippen LogP contribution < -0.4 is 4.90 Å². The van der Waals surface area contributed by atoms with Gasteiger partial charge in [-0.15, -0.1) is 11.3 Å². The van der Waals surface area contributed by atoms with Crippen molar-refractivity contribution in [2.75, 3.05) is 18.6 Å². The topological polar surface area (TPSA) is 42.4 Å². The molecule has 4 nitrogen and oxygen atoms in total. The quantitative estimate of drug-likeness (QED) is 0.730. The van der Waals surface area contributed by atoms with E-state index in [1.165, 1.54) is 20.0 Å². The Bertz CT molecular complexity index is 388. The lowest BCUT2D eigenvalue weighted by atomic mass is 10.3. The summed E-state index contributed by atoms with van der Waals surface area (Å²) in [5.74, 6) is -0.227. The van der Waals surface area contributed by atoms with Gasteiger partial charge in [-0.05, 0) is 19.3 Å². The molecule has 0 atom stereocenters. The first-order chi connectivity index (χ1) is 8.24. The van der Waals surface area contributed by atoms with Gasteiger partial charge in [-0.2, -0.15) is 0 Å². The van der Waals surface area contributed by atoms with Gasteiger partial charge in [0.25, 0.3) is 0 Å². The van der Waals surface area contributed by atoms with Crippen molar-refractivity contribution in [3.05, 3.63) is 11.1 Å². The van der Waals surface area contributed by atoms with Gasteiger partial charge in [0.1, 0.15) is 0 Å². The van der Waals surface area contributed by atoms with Crippen molar-refractivity contribution < 1.29 is 9.53 Å². The van der Waals surface area contributed by atoms with Crippen molar-refractivity contribution in [1.29, 1.82) is 0 Å². The predicted molar refractivity (Wildman–Crippen MR) is 68.5 cm³/mol. The van der Waals surface area contributed by atoms with Crippen LogP contribution in [-0.4, -0.2) is 30.6 Å². The largest absolute Gasteiger partial charge is 0.469 e. The van der Waals surface area contributed by atoms with E-state index in [-0.39, 0.29) is 12.4 Å².